The van der Waals surface area contributed by atoms with Crippen LogP contribution in [0.2, 0.25) is 0 Å². The lowest BCUT2D eigenvalue weighted by Gasteiger charge is -2.25. The zero-order valence-corrected chi connectivity index (χ0v) is 19.6. The Bertz CT molecular complexity index is 1140. The molecule has 0 spiro atoms. The van der Waals surface area contributed by atoms with Crippen molar-refractivity contribution in [3.8, 4) is 28.1 Å². The highest BCUT2D eigenvalue weighted by molar-refractivity contribution is 5.85. The second-order valence-electron chi connectivity index (χ2n) is 9.07. The van der Waals surface area contributed by atoms with Crippen LogP contribution >= 0.6 is 12.4 Å². The number of hydrogen-bond acceptors (Lipinski definition) is 7. The van der Waals surface area contributed by atoms with Gasteiger partial charge in [-0.05, 0) is 56.5 Å². The van der Waals surface area contributed by atoms with Gasteiger partial charge < -0.3 is 19.9 Å². The van der Waals surface area contributed by atoms with Crippen molar-refractivity contribution in [2.45, 2.75) is 38.8 Å². The fourth-order valence-electron chi connectivity index (χ4n) is 3.87. The Morgan fingerprint density at radius 1 is 1.12 bits per heavy atom. The monoisotopic (exact) mass is 456 g/mol. The number of nitrogens with zero attached hydrogens (tertiary/aromatic N) is 5. The third kappa shape index (κ3) is 5.26. The molecular weight excluding hydrogens is 428 g/mol. The predicted octanol–water partition coefficient (Wildman–Crippen LogP) is 3.00. The van der Waals surface area contributed by atoms with Crippen LogP contribution in [-0.2, 0) is 7.05 Å². The van der Waals surface area contributed by atoms with Crippen molar-refractivity contribution in [1.82, 2.24) is 25.1 Å². The average molecular weight is 457 g/mol. The third-order valence-corrected chi connectivity index (χ3v) is 5.37. The summed E-state index contributed by atoms with van der Waals surface area (Å²) < 4.78 is 1.50. The first-order chi connectivity index (χ1) is 14.7. The molecule has 3 heterocycles. The molecule has 170 valence electrons. The van der Waals surface area contributed by atoms with Crippen LogP contribution in [0.1, 0.15) is 27.2 Å². The summed E-state index contributed by atoms with van der Waals surface area (Å²) in [6, 6.07) is 9.03. The molecule has 3 aromatic rings. The van der Waals surface area contributed by atoms with Gasteiger partial charge in [-0.2, -0.15) is 0 Å². The molecule has 1 fully saturated rings. The maximum Gasteiger partial charge on any atom is 0.250 e. The minimum Gasteiger partial charge on any atom is -0.507 e. The van der Waals surface area contributed by atoms with Crippen LogP contribution in [0.5, 0.6) is 5.75 Å². The van der Waals surface area contributed by atoms with Crippen LogP contribution < -0.4 is 15.8 Å². The van der Waals surface area contributed by atoms with E-state index in [4.69, 9.17) is 0 Å². The number of phenols is 1. The summed E-state index contributed by atoms with van der Waals surface area (Å²) in [6.45, 7) is 8.22. The van der Waals surface area contributed by atoms with Crippen LogP contribution in [0.25, 0.3) is 22.4 Å². The molecule has 0 aliphatic carbocycles. The zero-order chi connectivity index (χ0) is 22.2. The maximum atomic E-state index is 11.9. The molecule has 1 aliphatic rings. The number of aromatic hydroxyl groups is 1. The van der Waals surface area contributed by atoms with E-state index in [1.807, 2.05) is 12.1 Å². The van der Waals surface area contributed by atoms with Crippen molar-refractivity contribution in [2.75, 3.05) is 18.0 Å². The number of anilines is 1. The topological polar surface area (TPSA) is 96.2 Å². The number of benzene rings is 1. The summed E-state index contributed by atoms with van der Waals surface area (Å²) in [4.78, 5) is 18.5. The molecule has 0 saturated carbocycles. The molecule has 1 unspecified atom stereocenters. The summed E-state index contributed by atoms with van der Waals surface area (Å²) in [6.07, 6.45) is 4.38. The highest BCUT2D eigenvalue weighted by Gasteiger charge is 2.27. The van der Waals surface area contributed by atoms with Gasteiger partial charge in [0.05, 0.1) is 6.20 Å². The molecule has 1 atom stereocenters. The molecule has 9 heteroatoms. The Kier molecular flexibility index (Phi) is 6.85. The zero-order valence-electron chi connectivity index (χ0n) is 18.7. The standard InChI is InChI=1S/C23H28N6O2.ClH/c1-23(2,3)25-17-8-10-29(14-17)22-24-13-19(26-27-22)18-6-5-15(11-20(18)30)16-7-9-28(4)21(31)12-16;/h5-7,9,11-13,17,25,30H,8,10,14H2,1-4H3;1H. The number of phenolic OH excluding ortho intramolecular Hbond substituents is 1. The van der Waals surface area contributed by atoms with Crippen LogP contribution in [0.3, 0.4) is 0 Å². The molecule has 1 saturated heterocycles. The lowest BCUT2D eigenvalue weighted by Crippen LogP contribution is -2.45. The summed E-state index contributed by atoms with van der Waals surface area (Å²) in [5.74, 6) is 0.663. The largest absolute Gasteiger partial charge is 0.507 e. The van der Waals surface area contributed by atoms with E-state index in [2.05, 4.69) is 46.2 Å². The van der Waals surface area contributed by atoms with Crippen molar-refractivity contribution in [3.63, 3.8) is 0 Å². The Balaban J connectivity index is 0.00000289. The highest BCUT2D eigenvalue weighted by atomic mass is 35.5. The Morgan fingerprint density at radius 3 is 2.50 bits per heavy atom. The van der Waals surface area contributed by atoms with Crippen LogP contribution in [-0.4, -0.2) is 49.5 Å². The second kappa shape index (κ2) is 9.26. The minimum atomic E-state index is -0.103. The van der Waals surface area contributed by atoms with Crippen molar-refractivity contribution in [3.05, 3.63) is 53.1 Å². The smallest absolute Gasteiger partial charge is 0.250 e. The fourth-order valence-corrected chi connectivity index (χ4v) is 3.87. The molecule has 8 nitrogen and oxygen atoms in total. The SMILES string of the molecule is Cl.Cn1ccc(-c2ccc(-c3cnc(N4CCC(NC(C)(C)C)C4)nn3)c(O)c2)cc1=O. The van der Waals surface area contributed by atoms with Gasteiger partial charge in [0.15, 0.2) is 0 Å². The molecule has 0 amide bonds. The van der Waals surface area contributed by atoms with E-state index >= 15 is 0 Å². The molecule has 32 heavy (non-hydrogen) atoms. The summed E-state index contributed by atoms with van der Waals surface area (Å²) >= 11 is 0. The van der Waals surface area contributed by atoms with E-state index in [0.717, 1.165) is 30.6 Å². The fraction of sp³-hybridized carbons (Fsp3) is 0.391. The summed E-state index contributed by atoms with van der Waals surface area (Å²) in [5, 5.41) is 22.8. The first kappa shape index (κ1) is 23.7. The number of aryl methyl sites for hydroxylation is 1. The highest BCUT2D eigenvalue weighted by Crippen LogP contribution is 2.32. The summed E-state index contributed by atoms with van der Waals surface area (Å²) in [5.41, 5.74) is 2.52. The molecule has 0 bridgehead atoms. The van der Waals surface area contributed by atoms with Crippen LogP contribution in [0, 0.1) is 0 Å². The first-order valence-electron chi connectivity index (χ1n) is 10.4. The van der Waals surface area contributed by atoms with E-state index in [0.29, 0.717) is 23.2 Å². The van der Waals surface area contributed by atoms with E-state index in [1.54, 1.807) is 37.6 Å². The van der Waals surface area contributed by atoms with Gasteiger partial charge in [0.25, 0.3) is 5.56 Å². The lowest BCUT2D eigenvalue weighted by atomic mass is 10.0. The van der Waals surface area contributed by atoms with E-state index in [-0.39, 0.29) is 29.3 Å². The quantitative estimate of drug-likeness (QED) is 0.622. The molecule has 2 N–H and O–H groups in total. The van der Waals surface area contributed by atoms with Crippen molar-refractivity contribution < 1.29 is 5.11 Å². The van der Waals surface area contributed by atoms with E-state index in [9.17, 15) is 9.90 Å². The van der Waals surface area contributed by atoms with Gasteiger partial charge in [-0.15, -0.1) is 22.6 Å². The first-order valence-corrected chi connectivity index (χ1v) is 10.4. The molecule has 4 rings (SSSR count). The molecular formula is C23H29ClN6O2. The minimum absolute atomic E-state index is 0. The van der Waals surface area contributed by atoms with Gasteiger partial charge in [-0.25, -0.2) is 4.98 Å². The number of hydrogen-bond donors (Lipinski definition) is 2. The second-order valence-corrected chi connectivity index (χ2v) is 9.07. The van der Waals surface area contributed by atoms with Gasteiger partial charge in [0.2, 0.25) is 5.95 Å². The molecule has 1 aromatic carbocycles. The van der Waals surface area contributed by atoms with Crippen LogP contribution in [0.15, 0.2) is 47.5 Å². The Morgan fingerprint density at radius 2 is 1.88 bits per heavy atom. The average Bonchev–Trinajstić information content (AvgIpc) is 3.17. The van der Waals surface area contributed by atoms with Gasteiger partial charge in [0, 0.05) is 49.5 Å². The molecule has 2 aromatic heterocycles. The lowest BCUT2D eigenvalue weighted by molar-refractivity contribution is 0.373. The Hall–Kier alpha value is -2.97. The third-order valence-electron chi connectivity index (χ3n) is 5.37. The number of nitrogens with one attached hydrogen (secondary N) is 1. The maximum absolute atomic E-state index is 11.9. The van der Waals surface area contributed by atoms with E-state index in [1.165, 1.54) is 4.57 Å². The van der Waals surface area contributed by atoms with Crippen LogP contribution in [0.4, 0.5) is 5.95 Å². The predicted molar refractivity (Wildman–Crippen MR) is 128 cm³/mol. The van der Waals surface area contributed by atoms with Gasteiger partial charge in [0.1, 0.15) is 11.4 Å². The normalized spacial score (nSPS) is 16.1. The van der Waals surface area contributed by atoms with Crippen molar-refractivity contribution in [2.24, 2.45) is 7.05 Å². The van der Waals surface area contributed by atoms with Gasteiger partial charge in [-0.1, -0.05) is 6.07 Å². The van der Waals surface area contributed by atoms with Gasteiger partial charge in [-0.3, -0.25) is 4.79 Å². The number of halogens is 1. The Labute approximate surface area is 193 Å². The number of rotatable bonds is 4. The molecule has 1 aliphatic heterocycles. The summed E-state index contributed by atoms with van der Waals surface area (Å²) in [7, 11) is 1.70. The molecule has 0 radical (unpaired) electrons. The number of aromatic nitrogens is 4. The van der Waals surface area contributed by atoms with Crippen molar-refractivity contribution >= 4 is 18.4 Å². The van der Waals surface area contributed by atoms with Gasteiger partial charge >= 0.3 is 0 Å². The van der Waals surface area contributed by atoms with E-state index < -0.39 is 0 Å². The number of pyridine rings is 1. The van der Waals surface area contributed by atoms with Crippen molar-refractivity contribution in [1.29, 1.82) is 0 Å².